The zero-order valence-electron chi connectivity index (χ0n) is 24.4. The lowest BCUT2D eigenvalue weighted by atomic mass is 10.1. The van der Waals surface area contributed by atoms with Gasteiger partial charge in [0.25, 0.3) is 0 Å². The van der Waals surface area contributed by atoms with Gasteiger partial charge in [-0.3, -0.25) is 5.32 Å². The van der Waals surface area contributed by atoms with Crippen LogP contribution in [-0.2, 0) is 22.6 Å². The lowest BCUT2D eigenvalue weighted by Crippen LogP contribution is -2.44. The van der Waals surface area contributed by atoms with E-state index in [1.54, 1.807) is 25.3 Å². The number of carbonyl (C=O) groups excluding carboxylic acids is 1. The molecule has 1 amide bonds. The van der Waals surface area contributed by atoms with Crippen molar-refractivity contribution in [2.75, 3.05) is 26.9 Å². The number of ether oxygens (including phenoxy) is 4. The molecule has 3 N–H and O–H groups in total. The molecule has 0 spiro atoms. The van der Waals surface area contributed by atoms with Crippen molar-refractivity contribution in [3.8, 4) is 17.2 Å². The Bertz CT molecular complexity index is 1190. The molecule has 0 saturated carbocycles. The highest BCUT2D eigenvalue weighted by atomic mass is 35.5. The predicted molar refractivity (Wildman–Crippen MR) is 163 cm³/mol. The fourth-order valence-corrected chi connectivity index (χ4v) is 4.15. The molecule has 3 aromatic rings. The molecule has 9 heteroatoms. The number of amides is 1. The third kappa shape index (κ3) is 12.8. The molecule has 0 heterocycles. The van der Waals surface area contributed by atoms with Gasteiger partial charge in [0.15, 0.2) is 0 Å². The van der Waals surface area contributed by atoms with Gasteiger partial charge in [0.05, 0.1) is 25.5 Å². The standard InChI is InChI=1S/C32H42ClN3O5/c1-32(2,3)41-31(37)36-26(11-8-18-34-23-39-22-25-9-6-5-7-10-25)21-35-20-24-12-14-27(15-13-24)40-30-17-16-28(38-4)19-29(30)33/h5-7,9-10,12-17,19,26,34-35H,8,11,18,20-23H2,1-4H3,(H,36,37). The molecule has 0 aromatic heterocycles. The first-order chi connectivity index (χ1) is 19.7. The summed E-state index contributed by atoms with van der Waals surface area (Å²) >= 11 is 6.29. The molecule has 0 aliphatic rings. The van der Waals surface area contributed by atoms with E-state index in [4.69, 9.17) is 30.5 Å². The van der Waals surface area contributed by atoms with Gasteiger partial charge < -0.3 is 29.6 Å². The van der Waals surface area contributed by atoms with E-state index in [0.29, 0.717) is 48.7 Å². The molecule has 1 unspecified atom stereocenters. The first kappa shape index (κ1) is 32.2. The zero-order valence-corrected chi connectivity index (χ0v) is 25.1. The van der Waals surface area contributed by atoms with Crippen LogP contribution in [-0.4, -0.2) is 44.7 Å². The molecule has 0 fully saturated rings. The van der Waals surface area contributed by atoms with Gasteiger partial charge >= 0.3 is 6.09 Å². The first-order valence-corrected chi connectivity index (χ1v) is 14.2. The van der Waals surface area contributed by atoms with Crippen LogP contribution in [0.25, 0.3) is 0 Å². The van der Waals surface area contributed by atoms with Crippen molar-refractivity contribution in [2.45, 2.75) is 58.4 Å². The minimum absolute atomic E-state index is 0.0864. The van der Waals surface area contributed by atoms with E-state index in [0.717, 1.165) is 30.5 Å². The van der Waals surface area contributed by atoms with E-state index < -0.39 is 11.7 Å². The molecule has 222 valence electrons. The summed E-state index contributed by atoms with van der Waals surface area (Å²) in [6.45, 7) is 8.64. The predicted octanol–water partition coefficient (Wildman–Crippen LogP) is 6.67. The fraction of sp³-hybridized carbons (Fsp3) is 0.406. The summed E-state index contributed by atoms with van der Waals surface area (Å²) in [6.07, 6.45) is 1.24. The second-order valence-electron chi connectivity index (χ2n) is 10.6. The monoisotopic (exact) mass is 583 g/mol. The van der Waals surface area contributed by atoms with Crippen molar-refractivity contribution in [1.29, 1.82) is 0 Å². The van der Waals surface area contributed by atoms with Gasteiger partial charge in [-0.2, -0.15) is 0 Å². The van der Waals surface area contributed by atoms with E-state index >= 15 is 0 Å². The molecule has 1 atom stereocenters. The van der Waals surface area contributed by atoms with Crippen molar-refractivity contribution >= 4 is 17.7 Å². The van der Waals surface area contributed by atoms with Crippen LogP contribution in [0.3, 0.4) is 0 Å². The van der Waals surface area contributed by atoms with E-state index in [-0.39, 0.29) is 6.04 Å². The van der Waals surface area contributed by atoms with Gasteiger partial charge in [-0.15, -0.1) is 0 Å². The lowest BCUT2D eigenvalue weighted by Gasteiger charge is -2.24. The number of hydrogen-bond acceptors (Lipinski definition) is 7. The number of carbonyl (C=O) groups is 1. The maximum absolute atomic E-state index is 12.4. The smallest absolute Gasteiger partial charge is 0.407 e. The Morgan fingerprint density at radius 1 is 0.927 bits per heavy atom. The minimum atomic E-state index is -0.556. The number of benzene rings is 3. The average Bonchev–Trinajstić information content (AvgIpc) is 2.94. The summed E-state index contributed by atoms with van der Waals surface area (Å²) in [5, 5.41) is 10.2. The summed E-state index contributed by atoms with van der Waals surface area (Å²) < 4.78 is 22.2. The van der Waals surface area contributed by atoms with E-state index in [9.17, 15) is 4.79 Å². The van der Waals surface area contributed by atoms with Crippen LogP contribution in [0.5, 0.6) is 17.2 Å². The summed E-state index contributed by atoms with van der Waals surface area (Å²) in [5.74, 6) is 1.92. The summed E-state index contributed by atoms with van der Waals surface area (Å²) in [5.41, 5.74) is 1.68. The Balaban J connectivity index is 1.42. The van der Waals surface area contributed by atoms with Gasteiger partial charge in [-0.25, -0.2) is 4.79 Å². The highest BCUT2D eigenvalue weighted by Crippen LogP contribution is 2.32. The summed E-state index contributed by atoms with van der Waals surface area (Å²) in [4.78, 5) is 12.4. The third-order valence-electron chi connectivity index (χ3n) is 5.95. The number of halogens is 1. The van der Waals surface area contributed by atoms with Crippen molar-refractivity contribution in [1.82, 2.24) is 16.0 Å². The Hall–Kier alpha value is -3.30. The number of methoxy groups -OCH3 is 1. The Morgan fingerprint density at radius 3 is 2.34 bits per heavy atom. The molecule has 0 radical (unpaired) electrons. The molecule has 3 aromatic carbocycles. The maximum atomic E-state index is 12.4. The number of alkyl carbamates (subject to hydrolysis) is 1. The summed E-state index contributed by atoms with van der Waals surface area (Å²) in [6, 6.07) is 23.1. The maximum Gasteiger partial charge on any atom is 0.407 e. The molecule has 0 saturated heterocycles. The second kappa shape index (κ2) is 16.8. The molecule has 0 aliphatic carbocycles. The molecule has 0 aliphatic heterocycles. The van der Waals surface area contributed by atoms with E-state index in [1.807, 2.05) is 75.4 Å². The number of rotatable bonds is 16. The summed E-state index contributed by atoms with van der Waals surface area (Å²) in [7, 11) is 1.59. The topological polar surface area (TPSA) is 90.1 Å². The Morgan fingerprint density at radius 2 is 1.66 bits per heavy atom. The third-order valence-corrected chi connectivity index (χ3v) is 6.25. The first-order valence-electron chi connectivity index (χ1n) is 13.8. The highest BCUT2D eigenvalue weighted by molar-refractivity contribution is 6.32. The molecular formula is C32H42ClN3O5. The normalized spacial score (nSPS) is 12.0. The molecule has 3 rings (SSSR count). The van der Waals surface area contributed by atoms with Crippen molar-refractivity contribution in [3.05, 3.63) is 88.9 Å². The molecule has 41 heavy (non-hydrogen) atoms. The Labute approximate surface area is 248 Å². The Kier molecular flexibility index (Phi) is 13.2. The van der Waals surface area contributed by atoms with Crippen LogP contribution in [0.15, 0.2) is 72.8 Å². The minimum Gasteiger partial charge on any atom is -0.497 e. The van der Waals surface area contributed by atoms with Crippen LogP contribution >= 0.6 is 11.6 Å². The van der Waals surface area contributed by atoms with Gasteiger partial charge in [-0.1, -0.05) is 54.1 Å². The SMILES string of the molecule is COc1ccc(Oc2ccc(CNCC(CCCNCOCc3ccccc3)NC(=O)OC(C)(C)C)cc2)c(Cl)c1. The van der Waals surface area contributed by atoms with Gasteiger partial charge in [0, 0.05) is 25.2 Å². The van der Waals surface area contributed by atoms with E-state index in [2.05, 4.69) is 16.0 Å². The van der Waals surface area contributed by atoms with Crippen LogP contribution < -0.4 is 25.4 Å². The molecule has 0 bridgehead atoms. The van der Waals surface area contributed by atoms with Crippen LogP contribution in [0, 0.1) is 0 Å². The van der Waals surface area contributed by atoms with Crippen LogP contribution in [0.1, 0.15) is 44.7 Å². The van der Waals surface area contributed by atoms with Gasteiger partial charge in [0.2, 0.25) is 0 Å². The number of hydrogen-bond donors (Lipinski definition) is 3. The van der Waals surface area contributed by atoms with Crippen LogP contribution in [0.4, 0.5) is 4.79 Å². The van der Waals surface area contributed by atoms with Crippen molar-refractivity contribution < 1.29 is 23.7 Å². The quantitative estimate of drug-likeness (QED) is 0.128. The average molecular weight is 584 g/mol. The fourth-order valence-electron chi connectivity index (χ4n) is 3.94. The van der Waals surface area contributed by atoms with Crippen molar-refractivity contribution in [2.24, 2.45) is 0 Å². The van der Waals surface area contributed by atoms with E-state index in [1.165, 1.54) is 0 Å². The largest absolute Gasteiger partial charge is 0.497 e. The molecular weight excluding hydrogens is 542 g/mol. The second-order valence-corrected chi connectivity index (χ2v) is 11.0. The molecule has 8 nitrogen and oxygen atoms in total. The van der Waals surface area contributed by atoms with Gasteiger partial charge in [-0.05, 0) is 75.5 Å². The van der Waals surface area contributed by atoms with Crippen molar-refractivity contribution in [3.63, 3.8) is 0 Å². The highest BCUT2D eigenvalue weighted by Gasteiger charge is 2.19. The van der Waals surface area contributed by atoms with Gasteiger partial charge in [0.1, 0.15) is 22.8 Å². The zero-order chi connectivity index (χ0) is 29.5. The number of nitrogens with one attached hydrogen (secondary N) is 3. The van der Waals surface area contributed by atoms with Crippen LogP contribution in [0.2, 0.25) is 5.02 Å². The lowest BCUT2D eigenvalue weighted by molar-refractivity contribution is 0.0500.